The number of rotatable bonds is 4. The van der Waals surface area contributed by atoms with Gasteiger partial charge in [0.1, 0.15) is 10.9 Å². The highest BCUT2D eigenvalue weighted by Gasteiger charge is 2.24. The molecule has 28 heavy (non-hydrogen) atoms. The van der Waals surface area contributed by atoms with E-state index in [0.29, 0.717) is 43.0 Å². The summed E-state index contributed by atoms with van der Waals surface area (Å²) in [6.45, 7) is 6.11. The van der Waals surface area contributed by atoms with Crippen molar-refractivity contribution in [1.29, 1.82) is 0 Å². The van der Waals surface area contributed by atoms with Crippen LogP contribution in [-0.2, 0) is 11.3 Å². The number of nitrogens with zero attached hydrogens (tertiary/aromatic N) is 4. The molecule has 0 spiro atoms. The lowest BCUT2D eigenvalue weighted by Crippen LogP contribution is -2.48. The summed E-state index contributed by atoms with van der Waals surface area (Å²) >= 11 is 0. The van der Waals surface area contributed by atoms with Gasteiger partial charge in [0, 0.05) is 25.8 Å². The van der Waals surface area contributed by atoms with Gasteiger partial charge in [-0.3, -0.25) is 18.9 Å². The number of ether oxygens (including phenoxy) is 1. The Labute approximate surface area is 161 Å². The van der Waals surface area contributed by atoms with Gasteiger partial charge in [-0.15, -0.1) is 0 Å². The molecule has 4 rings (SSSR count). The second-order valence-corrected chi connectivity index (χ2v) is 7.00. The van der Waals surface area contributed by atoms with E-state index >= 15 is 0 Å². The van der Waals surface area contributed by atoms with Crippen LogP contribution in [0.4, 0.5) is 5.82 Å². The molecule has 4 heterocycles. The molecule has 4 N–H and O–H groups in total. The molecule has 1 fully saturated rings. The molecule has 1 aliphatic rings. The highest BCUT2D eigenvalue weighted by atomic mass is 16.5. The zero-order valence-corrected chi connectivity index (χ0v) is 15.7. The maximum atomic E-state index is 13.1. The summed E-state index contributed by atoms with van der Waals surface area (Å²) < 4.78 is 8.57. The molecule has 146 valence electrons. The van der Waals surface area contributed by atoms with E-state index in [-0.39, 0.29) is 16.9 Å². The number of fused-ring (bicyclic) bond motifs is 2. The van der Waals surface area contributed by atoms with E-state index in [4.69, 9.17) is 16.2 Å². The minimum atomic E-state index is -0.673. The number of hydrogen-bond acceptors (Lipinski definition) is 6. The quantitative estimate of drug-likeness (QED) is 0.461. The van der Waals surface area contributed by atoms with Crippen LogP contribution in [-0.4, -0.2) is 53.0 Å². The highest BCUT2D eigenvalue weighted by molar-refractivity contribution is 5.99. The van der Waals surface area contributed by atoms with Gasteiger partial charge in [-0.25, -0.2) is 4.57 Å². The van der Waals surface area contributed by atoms with Gasteiger partial charge < -0.3 is 16.2 Å². The first-order valence-corrected chi connectivity index (χ1v) is 9.20. The van der Waals surface area contributed by atoms with Gasteiger partial charge in [0.2, 0.25) is 11.5 Å². The molecule has 0 aliphatic carbocycles. The zero-order chi connectivity index (χ0) is 19.8. The standard InChI is InChI=1S/C19H22N6O3/c1-12-2-3-15-22-18-14(19(27)25(15)11-12)10-13(17(21)26)16(20)24(18)5-4-23-6-8-28-9-7-23/h2-3,10-11,20H,4-9H2,1H3,(H2,21,26)/p+1. The van der Waals surface area contributed by atoms with Gasteiger partial charge in [-0.05, 0) is 24.6 Å². The van der Waals surface area contributed by atoms with Gasteiger partial charge >= 0.3 is 0 Å². The number of pyridine rings is 2. The number of nitrogen functional groups attached to an aromatic ring is 1. The SMILES string of the molecule is Cc1ccc2nc3c(cc(C(N)=O)c(N)[n+]3CCN3CCOCC3)c(=O)n2c1. The Bertz CT molecular complexity index is 1130. The first-order valence-electron chi connectivity index (χ1n) is 9.20. The van der Waals surface area contributed by atoms with Crippen LogP contribution in [0.15, 0.2) is 29.2 Å². The third kappa shape index (κ3) is 3.19. The van der Waals surface area contributed by atoms with Crippen LogP contribution >= 0.6 is 0 Å². The first kappa shape index (κ1) is 18.3. The Hall–Kier alpha value is -3.04. The second-order valence-electron chi connectivity index (χ2n) is 7.00. The molecule has 0 aromatic carbocycles. The van der Waals surface area contributed by atoms with E-state index in [1.165, 1.54) is 10.5 Å². The number of anilines is 1. The lowest BCUT2D eigenvalue weighted by Gasteiger charge is -2.26. The van der Waals surface area contributed by atoms with Crippen molar-refractivity contribution in [2.75, 3.05) is 38.6 Å². The van der Waals surface area contributed by atoms with Crippen molar-refractivity contribution in [1.82, 2.24) is 14.3 Å². The number of carbonyl (C=O) groups is 1. The van der Waals surface area contributed by atoms with Gasteiger partial charge in [0.15, 0.2) is 0 Å². The Balaban J connectivity index is 1.90. The normalized spacial score (nSPS) is 15.3. The van der Waals surface area contributed by atoms with E-state index in [9.17, 15) is 9.59 Å². The van der Waals surface area contributed by atoms with Crippen molar-refractivity contribution >= 4 is 28.4 Å². The smallest absolute Gasteiger partial charge is 0.278 e. The number of primary amides is 1. The largest absolute Gasteiger partial charge is 0.379 e. The van der Waals surface area contributed by atoms with Crippen molar-refractivity contribution in [3.8, 4) is 0 Å². The molecule has 1 amide bonds. The monoisotopic (exact) mass is 383 g/mol. The van der Waals surface area contributed by atoms with Crippen LogP contribution in [0.5, 0.6) is 0 Å². The molecular formula is C19H23N6O3+. The van der Waals surface area contributed by atoms with Crippen LogP contribution in [0.3, 0.4) is 0 Å². The van der Waals surface area contributed by atoms with E-state index < -0.39 is 5.91 Å². The van der Waals surface area contributed by atoms with Gasteiger partial charge in [-0.1, -0.05) is 11.1 Å². The van der Waals surface area contributed by atoms with Crippen LogP contribution in [0, 0.1) is 6.92 Å². The number of amides is 1. The highest BCUT2D eigenvalue weighted by Crippen LogP contribution is 2.14. The lowest BCUT2D eigenvalue weighted by atomic mass is 10.2. The molecule has 0 saturated carbocycles. The summed E-state index contributed by atoms with van der Waals surface area (Å²) in [4.78, 5) is 31.9. The minimum Gasteiger partial charge on any atom is -0.379 e. The molecule has 3 aromatic heterocycles. The van der Waals surface area contributed by atoms with Crippen LogP contribution in [0.1, 0.15) is 15.9 Å². The van der Waals surface area contributed by atoms with Crippen molar-refractivity contribution in [2.24, 2.45) is 5.73 Å². The molecule has 9 nitrogen and oxygen atoms in total. The Kier molecular flexibility index (Phi) is 4.70. The average Bonchev–Trinajstić information content (AvgIpc) is 2.68. The van der Waals surface area contributed by atoms with E-state index in [2.05, 4.69) is 9.88 Å². The second kappa shape index (κ2) is 7.17. The third-order valence-corrected chi connectivity index (χ3v) is 5.11. The summed E-state index contributed by atoms with van der Waals surface area (Å²) in [5, 5.41) is 0.313. The Morgan fingerprint density at radius 3 is 2.79 bits per heavy atom. The molecule has 3 aromatic rings. The van der Waals surface area contributed by atoms with Gasteiger partial charge in [0.25, 0.3) is 17.1 Å². The predicted molar refractivity (Wildman–Crippen MR) is 104 cm³/mol. The molecular weight excluding hydrogens is 360 g/mol. The topological polar surface area (TPSA) is 120 Å². The molecule has 0 atom stereocenters. The maximum absolute atomic E-state index is 13.1. The van der Waals surface area contributed by atoms with Crippen molar-refractivity contribution < 1.29 is 14.1 Å². The molecule has 1 aliphatic heterocycles. The van der Waals surface area contributed by atoms with Crippen LogP contribution in [0.2, 0.25) is 0 Å². The molecule has 0 bridgehead atoms. The Morgan fingerprint density at radius 2 is 2.07 bits per heavy atom. The van der Waals surface area contributed by atoms with Crippen molar-refractivity contribution in [2.45, 2.75) is 13.5 Å². The molecule has 0 radical (unpaired) electrons. The number of aryl methyl sites for hydroxylation is 1. The fraction of sp³-hybridized carbons (Fsp3) is 0.368. The van der Waals surface area contributed by atoms with E-state index in [0.717, 1.165) is 18.7 Å². The number of morpholine rings is 1. The fourth-order valence-electron chi connectivity index (χ4n) is 3.55. The van der Waals surface area contributed by atoms with Gasteiger partial charge in [0.05, 0.1) is 19.8 Å². The summed E-state index contributed by atoms with van der Waals surface area (Å²) in [6, 6.07) is 5.13. The Morgan fingerprint density at radius 1 is 1.32 bits per heavy atom. The summed E-state index contributed by atoms with van der Waals surface area (Å²) in [5.74, 6) is -0.454. The van der Waals surface area contributed by atoms with E-state index in [1.54, 1.807) is 16.8 Å². The number of nitrogens with two attached hydrogens (primary N) is 2. The van der Waals surface area contributed by atoms with E-state index in [1.807, 2.05) is 13.0 Å². The minimum absolute atomic E-state index is 0.126. The van der Waals surface area contributed by atoms with Gasteiger partial charge in [-0.2, -0.15) is 0 Å². The summed E-state index contributed by atoms with van der Waals surface area (Å²) in [6.07, 6.45) is 1.72. The average molecular weight is 383 g/mol. The fourth-order valence-corrected chi connectivity index (χ4v) is 3.55. The van der Waals surface area contributed by atoms with Crippen LogP contribution in [0.25, 0.3) is 16.7 Å². The van der Waals surface area contributed by atoms with Crippen molar-refractivity contribution in [3.05, 3.63) is 45.9 Å². The summed E-state index contributed by atoms with van der Waals surface area (Å²) in [5.41, 5.74) is 13.5. The molecule has 9 heteroatoms. The zero-order valence-electron chi connectivity index (χ0n) is 15.7. The summed E-state index contributed by atoms with van der Waals surface area (Å²) in [7, 11) is 0. The lowest BCUT2D eigenvalue weighted by molar-refractivity contribution is -0.658. The number of aromatic nitrogens is 3. The molecule has 0 unspecified atom stereocenters. The first-order chi connectivity index (χ1) is 13.5. The molecule has 1 saturated heterocycles. The van der Waals surface area contributed by atoms with Crippen LogP contribution < -0.4 is 21.6 Å². The predicted octanol–water partition coefficient (Wildman–Crippen LogP) is -0.543. The number of carbonyl (C=O) groups excluding carboxylic acids is 1. The number of hydrogen-bond donors (Lipinski definition) is 2. The third-order valence-electron chi connectivity index (χ3n) is 5.11. The van der Waals surface area contributed by atoms with Crippen molar-refractivity contribution in [3.63, 3.8) is 0 Å². The maximum Gasteiger partial charge on any atom is 0.278 e.